The molecule has 0 radical (unpaired) electrons. The summed E-state index contributed by atoms with van der Waals surface area (Å²) in [5.41, 5.74) is 1.65. The minimum atomic E-state index is 0.0602. The van der Waals surface area contributed by atoms with Gasteiger partial charge in [0, 0.05) is 37.2 Å². The summed E-state index contributed by atoms with van der Waals surface area (Å²) in [5, 5.41) is 9.82. The fourth-order valence-corrected chi connectivity index (χ4v) is 2.90. The maximum absolute atomic E-state index is 12.6. The number of aliphatic hydroxyl groups excluding tert-OH is 1. The molecule has 0 unspecified atom stereocenters. The molecule has 1 aromatic carbocycles. The minimum Gasteiger partial charge on any atom is -0.396 e. The molecule has 2 heterocycles. The van der Waals surface area contributed by atoms with Crippen molar-refractivity contribution in [3.8, 4) is 0 Å². The lowest BCUT2D eigenvalue weighted by Gasteiger charge is -2.31. The normalized spacial score (nSPS) is 16.3. The van der Waals surface area contributed by atoms with Crippen molar-refractivity contribution in [2.45, 2.75) is 25.4 Å². The highest BCUT2D eigenvalue weighted by Crippen LogP contribution is 2.19. The maximum atomic E-state index is 12.6. The van der Waals surface area contributed by atoms with Gasteiger partial charge in [0.25, 0.3) is 5.91 Å². The molecule has 5 heteroatoms. The van der Waals surface area contributed by atoms with Gasteiger partial charge in [0.15, 0.2) is 0 Å². The van der Waals surface area contributed by atoms with Crippen LogP contribution in [-0.4, -0.2) is 53.3 Å². The average Bonchev–Trinajstić information content (AvgIpc) is 2.99. The quantitative estimate of drug-likeness (QED) is 0.832. The van der Waals surface area contributed by atoms with Gasteiger partial charge in [0.1, 0.15) is 5.69 Å². The number of carbonyl (C=O) groups excluding carboxylic acids is 1. The minimum absolute atomic E-state index is 0.0602. The Labute approximate surface area is 129 Å². The summed E-state index contributed by atoms with van der Waals surface area (Å²) >= 11 is 0. The fraction of sp³-hybridized carbons (Fsp3) is 0.471. The molecule has 1 saturated heterocycles. The number of hydrogen-bond acceptors (Lipinski definition) is 3. The first-order chi connectivity index (χ1) is 10.8. The Morgan fingerprint density at radius 1 is 1.32 bits per heavy atom. The smallest absolute Gasteiger partial charge is 0.270 e. The largest absolute Gasteiger partial charge is 0.396 e. The number of amides is 1. The highest BCUT2D eigenvalue weighted by molar-refractivity contribution is 5.98. The van der Waals surface area contributed by atoms with E-state index < -0.39 is 0 Å². The standard InChI is InChI=1S/C17H22N2O3/c20-10-3-11-22-14-6-8-19(9-7-14)17(21)16-12-13-4-1-2-5-15(13)18-16/h1-2,4-5,12,14,18,20H,3,6-11H2. The van der Waals surface area contributed by atoms with Crippen molar-refractivity contribution >= 4 is 16.8 Å². The van der Waals surface area contributed by atoms with Crippen molar-refractivity contribution in [3.05, 3.63) is 36.0 Å². The molecule has 5 nitrogen and oxygen atoms in total. The number of nitrogens with one attached hydrogen (secondary N) is 1. The maximum Gasteiger partial charge on any atom is 0.270 e. The van der Waals surface area contributed by atoms with Crippen LogP contribution < -0.4 is 0 Å². The Morgan fingerprint density at radius 3 is 2.82 bits per heavy atom. The average molecular weight is 302 g/mol. The van der Waals surface area contributed by atoms with Crippen LogP contribution >= 0.6 is 0 Å². The van der Waals surface area contributed by atoms with Gasteiger partial charge in [-0.05, 0) is 31.4 Å². The lowest BCUT2D eigenvalue weighted by molar-refractivity contribution is 0.00386. The topological polar surface area (TPSA) is 65.6 Å². The molecular weight excluding hydrogens is 280 g/mol. The molecule has 1 aliphatic rings. The van der Waals surface area contributed by atoms with Gasteiger partial charge in [-0.2, -0.15) is 0 Å². The van der Waals surface area contributed by atoms with Gasteiger partial charge in [-0.3, -0.25) is 4.79 Å². The lowest BCUT2D eigenvalue weighted by Crippen LogP contribution is -2.41. The van der Waals surface area contributed by atoms with E-state index in [0.29, 0.717) is 18.7 Å². The number of aliphatic hydroxyl groups is 1. The SMILES string of the molecule is O=C(c1cc2ccccc2[nH]1)N1CCC(OCCCO)CC1. The van der Waals surface area contributed by atoms with Gasteiger partial charge in [-0.25, -0.2) is 0 Å². The van der Waals surface area contributed by atoms with Crippen LogP contribution in [0.4, 0.5) is 0 Å². The van der Waals surface area contributed by atoms with Crippen molar-refractivity contribution in [1.29, 1.82) is 0 Å². The molecule has 0 aliphatic carbocycles. The third kappa shape index (κ3) is 3.31. The predicted octanol–water partition coefficient (Wildman–Crippen LogP) is 2.17. The van der Waals surface area contributed by atoms with Crippen LogP contribution in [0.15, 0.2) is 30.3 Å². The van der Waals surface area contributed by atoms with E-state index in [1.54, 1.807) is 0 Å². The van der Waals surface area contributed by atoms with E-state index in [0.717, 1.165) is 36.8 Å². The van der Waals surface area contributed by atoms with E-state index in [1.807, 2.05) is 35.2 Å². The number of carbonyl (C=O) groups is 1. The van der Waals surface area contributed by atoms with Crippen LogP contribution in [0.2, 0.25) is 0 Å². The number of rotatable bonds is 5. The Bertz CT molecular complexity index is 597. The van der Waals surface area contributed by atoms with Crippen LogP contribution in [0.1, 0.15) is 29.8 Å². The zero-order chi connectivity index (χ0) is 15.4. The molecule has 1 aromatic heterocycles. The third-order valence-electron chi connectivity index (χ3n) is 4.15. The van der Waals surface area contributed by atoms with Crippen molar-refractivity contribution in [3.63, 3.8) is 0 Å². The number of para-hydroxylation sites is 1. The van der Waals surface area contributed by atoms with Crippen LogP contribution in [0.5, 0.6) is 0 Å². The lowest BCUT2D eigenvalue weighted by atomic mass is 10.1. The van der Waals surface area contributed by atoms with Gasteiger partial charge in [0.05, 0.1) is 6.10 Å². The third-order valence-corrected chi connectivity index (χ3v) is 4.15. The molecule has 22 heavy (non-hydrogen) atoms. The van der Waals surface area contributed by atoms with E-state index in [1.165, 1.54) is 0 Å². The second-order valence-electron chi connectivity index (χ2n) is 5.71. The van der Waals surface area contributed by atoms with Crippen LogP contribution in [-0.2, 0) is 4.74 Å². The summed E-state index contributed by atoms with van der Waals surface area (Å²) in [6.45, 7) is 2.20. The number of aromatic amines is 1. The molecule has 0 saturated carbocycles. The molecule has 1 fully saturated rings. The number of H-pyrrole nitrogens is 1. The van der Waals surface area contributed by atoms with E-state index in [4.69, 9.17) is 9.84 Å². The highest BCUT2D eigenvalue weighted by Gasteiger charge is 2.24. The van der Waals surface area contributed by atoms with Crippen molar-refractivity contribution in [2.75, 3.05) is 26.3 Å². The zero-order valence-corrected chi connectivity index (χ0v) is 12.6. The highest BCUT2D eigenvalue weighted by atomic mass is 16.5. The summed E-state index contributed by atoms with van der Waals surface area (Å²) in [4.78, 5) is 17.6. The zero-order valence-electron chi connectivity index (χ0n) is 12.6. The van der Waals surface area contributed by atoms with Crippen molar-refractivity contribution in [1.82, 2.24) is 9.88 Å². The molecule has 118 valence electrons. The van der Waals surface area contributed by atoms with Gasteiger partial charge in [0.2, 0.25) is 0 Å². The number of piperidine rings is 1. The Hall–Kier alpha value is -1.85. The molecule has 0 atom stereocenters. The van der Waals surface area contributed by atoms with E-state index in [-0.39, 0.29) is 18.6 Å². The molecule has 2 aromatic rings. The number of fused-ring (bicyclic) bond motifs is 1. The molecule has 0 spiro atoms. The summed E-state index contributed by atoms with van der Waals surface area (Å²) < 4.78 is 5.70. The summed E-state index contributed by atoms with van der Waals surface area (Å²) in [6, 6.07) is 9.83. The van der Waals surface area contributed by atoms with Gasteiger partial charge < -0.3 is 19.7 Å². The molecule has 0 bridgehead atoms. The molecular formula is C17H22N2O3. The number of aromatic nitrogens is 1. The second-order valence-corrected chi connectivity index (χ2v) is 5.71. The van der Waals surface area contributed by atoms with Crippen LogP contribution in [0.25, 0.3) is 10.9 Å². The van der Waals surface area contributed by atoms with Crippen LogP contribution in [0.3, 0.4) is 0 Å². The second kappa shape index (κ2) is 6.94. The van der Waals surface area contributed by atoms with Gasteiger partial charge >= 0.3 is 0 Å². The predicted molar refractivity (Wildman–Crippen MR) is 84.9 cm³/mol. The van der Waals surface area contributed by atoms with Crippen molar-refractivity contribution in [2.24, 2.45) is 0 Å². The van der Waals surface area contributed by atoms with E-state index in [9.17, 15) is 4.79 Å². The first kappa shape index (κ1) is 15.1. The number of hydrogen-bond donors (Lipinski definition) is 2. The Balaban J connectivity index is 1.57. The van der Waals surface area contributed by atoms with E-state index >= 15 is 0 Å². The molecule has 2 N–H and O–H groups in total. The van der Waals surface area contributed by atoms with Gasteiger partial charge in [-0.1, -0.05) is 18.2 Å². The van der Waals surface area contributed by atoms with E-state index in [2.05, 4.69) is 4.98 Å². The number of ether oxygens (including phenoxy) is 1. The Kier molecular flexibility index (Phi) is 4.75. The first-order valence-corrected chi connectivity index (χ1v) is 7.87. The number of likely N-dealkylation sites (tertiary alicyclic amines) is 1. The molecule has 1 amide bonds. The first-order valence-electron chi connectivity index (χ1n) is 7.87. The number of benzene rings is 1. The summed E-state index contributed by atoms with van der Waals surface area (Å²) in [7, 11) is 0. The monoisotopic (exact) mass is 302 g/mol. The van der Waals surface area contributed by atoms with Gasteiger partial charge in [-0.15, -0.1) is 0 Å². The van der Waals surface area contributed by atoms with Crippen LogP contribution in [0, 0.1) is 0 Å². The molecule has 1 aliphatic heterocycles. The number of nitrogens with zero attached hydrogens (tertiary/aromatic N) is 1. The molecule has 3 rings (SSSR count). The van der Waals surface area contributed by atoms with Crippen molar-refractivity contribution < 1.29 is 14.6 Å². The fourth-order valence-electron chi connectivity index (χ4n) is 2.90. The Morgan fingerprint density at radius 2 is 2.09 bits per heavy atom. The summed E-state index contributed by atoms with van der Waals surface area (Å²) in [5.74, 6) is 0.0602. The summed E-state index contributed by atoms with van der Waals surface area (Å²) in [6.07, 6.45) is 2.60.